The van der Waals surface area contributed by atoms with E-state index in [1.807, 2.05) is 0 Å². The molecule has 1 aromatic carbocycles. The number of halogens is 1. The highest BCUT2D eigenvalue weighted by atomic mass is 79.9. The van der Waals surface area contributed by atoms with Crippen LogP contribution in [0.1, 0.15) is 19.3 Å². The molecule has 0 radical (unpaired) electrons. The van der Waals surface area contributed by atoms with Gasteiger partial charge in [0.25, 0.3) is 0 Å². The Kier molecular flexibility index (Phi) is 4.62. The number of likely N-dealkylation sites (tertiary alicyclic amines) is 1. The molecule has 0 spiro atoms. The van der Waals surface area contributed by atoms with Crippen molar-refractivity contribution >= 4 is 31.7 Å². The molecule has 1 fully saturated rings. The molecule has 1 aliphatic rings. The SMILES string of the molecule is O=C(CS(=O)(=O)c1ccccc1Br)N1CCCCC1. The molecule has 0 N–H and O–H groups in total. The van der Waals surface area contributed by atoms with Crippen molar-refractivity contribution in [3.05, 3.63) is 28.7 Å². The van der Waals surface area contributed by atoms with Gasteiger partial charge in [-0.05, 0) is 47.3 Å². The van der Waals surface area contributed by atoms with E-state index < -0.39 is 15.6 Å². The molecule has 1 aliphatic heterocycles. The molecule has 6 heteroatoms. The molecule has 2 rings (SSSR count). The minimum atomic E-state index is -3.58. The van der Waals surface area contributed by atoms with E-state index in [0.717, 1.165) is 19.3 Å². The Bertz CT molecular complexity index is 565. The van der Waals surface area contributed by atoms with Crippen molar-refractivity contribution < 1.29 is 13.2 Å². The predicted molar refractivity (Wildman–Crippen MR) is 76.6 cm³/mol. The van der Waals surface area contributed by atoms with Gasteiger partial charge in [0.05, 0.1) is 4.90 Å². The summed E-state index contributed by atoms with van der Waals surface area (Å²) in [7, 11) is -3.58. The fourth-order valence-corrected chi connectivity index (χ4v) is 4.51. The van der Waals surface area contributed by atoms with Crippen LogP contribution in [-0.4, -0.2) is 38.1 Å². The maximum atomic E-state index is 12.2. The van der Waals surface area contributed by atoms with Crippen LogP contribution in [0, 0.1) is 0 Å². The maximum Gasteiger partial charge on any atom is 0.238 e. The molecule has 1 aromatic rings. The van der Waals surface area contributed by atoms with Crippen molar-refractivity contribution in [3.8, 4) is 0 Å². The summed E-state index contributed by atoms with van der Waals surface area (Å²) in [6.45, 7) is 1.34. The maximum absolute atomic E-state index is 12.2. The van der Waals surface area contributed by atoms with Gasteiger partial charge in [-0.1, -0.05) is 12.1 Å². The van der Waals surface area contributed by atoms with Crippen molar-refractivity contribution in [1.82, 2.24) is 4.90 Å². The first-order valence-corrected chi connectivity index (χ1v) is 8.70. The number of hydrogen-bond acceptors (Lipinski definition) is 3. The summed E-state index contributed by atoms with van der Waals surface area (Å²) < 4.78 is 25.0. The molecular formula is C13H16BrNO3S. The molecule has 4 nitrogen and oxygen atoms in total. The van der Waals surface area contributed by atoms with Crippen LogP contribution >= 0.6 is 15.9 Å². The van der Waals surface area contributed by atoms with Gasteiger partial charge in [0.15, 0.2) is 9.84 Å². The molecule has 19 heavy (non-hydrogen) atoms. The van der Waals surface area contributed by atoms with Crippen molar-refractivity contribution in [3.63, 3.8) is 0 Å². The molecule has 1 amide bonds. The molecule has 0 unspecified atom stereocenters. The minimum Gasteiger partial charge on any atom is -0.342 e. The van der Waals surface area contributed by atoms with Crippen LogP contribution in [0.4, 0.5) is 0 Å². The highest BCUT2D eigenvalue weighted by Crippen LogP contribution is 2.23. The van der Waals surface area contributed by atoms with Crippen LogP contribution in [0.15, 0.2) is 33.6 Å². The van der Waals surface area contributed by atoms with Gasteiger partial charge in [-0.25, -0.2) is 8.42 Å². The predicted octanol–water partition coefficient (Wildman–Crippen LogP) is 2.24. The van der Waals surface area contributed by atoms with Crippen LogP contribution in [0.2, 0.25) is 0 Å². The standard InChI is InChI=1S/C13H16BrNO3S/c14-11-6-2-3-7-12(11)19(17,18)10-13(16)15-8-4-1-5-9-15/h2-3,6-7H,1,4-5,8-10H2. The number of hydrogen-bond donors (Lipinski definition) is 0. The van der Waals surface area contributed by atoms with Crippen molar-refractivity contribution in [1.29, 1.82) is 0 Å². The molecule has 0 aromatic heterocycles. The van der Waals surface area contributed by atoms with Crippen molar-refractivity contribution in [2.45, 2.75) is 24.2 Å². The minimum absolute atomic E-state index is 0.181. The van der Waals surface area contributed by atoms with Crippen molar-refractivity contribution in [2.75, 3.05) is 18.8 Å². The van der Waals surface area contributed by atoms with Crippen molar-refractivity contribution in [2.24, 2.45) is 0 Å². The topological polar surface area (TPSA) is 54.5 Å². The number of sulfone groups is 1. The fourth-order valence-electron chi connectivity index (χ4n) is 2.17. The van der Waals surface area contributed by atoms with Gasteiger partial charge in [0, 0.05) is 17.6 Å². The Morgan fingerprint density at radius 3 is 2.42 bits per heavy atom. The monoisotopic (exact) mass is 345 g/mol. The van der Waals surface area contributed by atoms with Gasteiger partial charge in [0.2, 0.25) is 5.91 Å². The fraction of sp³-hybridized carbons (Fsp3) is 0.462. The molecule has 0 aliphatic carbocycles. The second-order valence-corrected chi connectivity index (χ2v) is 7.44. The summed E-state index contributed by atoms with van der Waals surface area (Å²) in [5.74, 6) is -0.745. The average Bonchev–Trinajstić information content (AvgIpc) is 2.39. The number of benzene rings is 1. The van der Waals surface area contributed by atoms with Crippen LogP contribution in [0.5, 0.6) is 0 Å². The highest BCUT2D eigenvalue weighted by molar-refractivity contribution is 9.10. The number of nitrogens with zero attached hydrogens (tertiary/aromatic N) is 1. The molecule has 104 valence electrons. The largest absolute Gasteiger partial charge is 0.342 e. The van der Waals surface area contributed by atoms with Gasteiger partial charge in [0.1, 0.15) is 5.75 Å². The third-order valence-electron chi connectivity index (χ3n) is 3.19. The Labute approximate surface area is 121 Å². The van der Waals surface area contributed by atoms with E-state index in [0.29, 0.717) is 17.6 Å². The lowest BCUT2D eigenvalue weighted by Crippen LogP contribution is -2.39. The summed E-state index contributed by atoms with van der Waals surface area (Å²) in [5, 5.41) is 0. The van der Waals surface area contributed by atoms with E-state index in [1.165, 1.54) is 6.07 Å². The number of carbonyl (C=O) groups excluding carboxylic acids is 1. The molecule has 0 bridgehead atoms. The van der Waals surface area contributed by atoms with E-state index in [4.69, 9.17) is 0 Å². The Balaban J connectivity index is 2.13. The molecule has 0 atom stereocenters. The van der Waals surface area contributed by atoms with E-state index in [2.05, 4.69) is 15.9 Å². The third-order valence-corrected chi connectivity index (χ3v) is 5.80. The normalized spacial score (nSPS) is 16.4. The van der Waals surface area contributed by atoms with Gasteiger partial charge in [-0.15, -0.1) is 0 Å². The average molecular weight is 346 g/mol. The Morgan fingerprint density at radius 2 is 1.79 bits per heavy atom. The van der Waals surface area contributed by atoms with Gasteiger partial charge >= 0.3 is 0 Å². The smallest absolute Gasteiger partial charge is 0.238 e. The molecule has 0 saturated carbocycles. The summed E-state index contributed by atoms with van der Waals surface area (Å²) in [5.41, 5.74) is 0. The molecular weight excluding hydrogens is 330 g/mol. The van der Waals surface area contributed by atoms with E-state index in [9.17, 15) is 13.2 Å². The van der Waals surface area contributed by atoms with E-state index in [1.54, 1.807) is 23.1 Å². The first-order chi connectivity index (χ1) is 9.00. The quantitative estimate of drug-likeness (QED) is 0.843. The Hall–Kier alpha value is -0.880. The second-order valence-electron chi connectivity index (χ2n) is 4.63. The summed E-state index contributed by atoms with van der Waals surface area (Å²) >= 11 is 3.21. The number of piperidine rings is 1. The molecule has 1 heterocycles. The first-order valence-electron chi connectivity index (χ1n) is 6.26. The molecule has 1 saturated heterocycles. The lowest BCUT2D eigenvalue weighted by atomic mass is 10.1. The van der Waals surface area contributed by atoms with Gasteiger partial charge < -0.3 is 4.90 Å². The highest BCUT2D eigenvalue weighted by Gasteiger charge is 2.25. The Morgan fingerprint density at radius 1 is 1.16 bits per heavy atom. The lowest BCUT2D eigenvalue weighted by molar-refractivity contribution is -0.129. The summed E-state index contributed by atoms with van der Waals surface area (Å²) in [4.78, 5) is 13.9. The second kappa shape index (κ2) is 6.05. The zero-order chi connectivity index (χ0) is 13.9. The summed E-state index contributed by atoms with van der Waals surface area (Å²) in [6, 6.07) is 6.58. The number of carbonyl (C=O) groups is 1. The number of rotatable bonds is 3. The van der Waals surface area contributed by atoms with Crippen LogP contribution in [-0.2, 0) is 14.6 Å². The van der Waals surface area contributed by atoms with Gasteiger partial charge in [-0.3, -0.25) is 4.79 Å². The van der Waals surface area contributed by atoms with Crippen LogP contribution in [0.25, 0.3) is 0 Å². The zero-order valence-electron chi connectivity index (χ0n) is 10.5. The zero-order valence-corrected chi connectivity index (χ0v) is 12.9. The number of amides is 1. The summed E-state index contributed by atoms with van der Waals surface area (Å²) in [6.07, 6.45) is 3.03. The third kappa shape index (κ3) is 3.57. The van der Waals surface area contributed by atoms with Crippen LogP contribution in [0.3, 0.4) is 0 Å². The van der Waals surface area contributed by atoms with Crippen LogP contribution < -0.4 is 0 Å². The first kappa shape index (κ1) is 14.5. The van der Waals surface area contributed by atoms with E-state index in [-0.39, 0.29) is 10.8 Å². The van der Waals surface area contributed by atoms with Gasteiger partial charge in [-0.2, -0.15) is 0 Å². The lowest BCUT2D eigenvalue weighted by Gasteiger charge is -2.26. The van der Waals surface area contributed by atoms with E-state index >= 15 is 0 Å².